The second-order valence-electron chi connectivity index (χ2n) is 4.43. The summed E-state index contributed by atoms with van der Waals surface area (Å²) >= 11 is 11.3. The molecule has 0 atom stereocenters. The van der Waals surface area contributed by atoms with Gasteiger partial charge < -0.3 is 10.4 Å². The third-order valence-corrected chi connectivity index (χ3v) is 2.73. The Morgan fingerprint density at radius 2 is 1.81 bits per heavy atom. The van der Waals surface area contributed by atoms with Gasteiger partial charge in [0.05, 0.1) is 10.0 Å². The quantitative estimate of drug-likeness (QED) is 0.816. The molecule has 0 unspecified atom stereocenters. The lowest BCUT2D eigenvalue weighted by Gasteiger charge is -2.22. The summed E-state index contributed by atoms with van der Waals surface area (Å²) in [4.78, 5) is 0. The number of hydrogen-bond acceptors (Lipinski definition) is 2. The van der Waals surface area contributed by atoms with Crippen molar-refractivity contribution in [3.8, 4) is 0 Å². The molecule has 0 aliphatic rings. The Labute approximate surface area is 104 Å². The van der Waals surface area contributed by atoms with E-state index in [1.807, 2.05) is 13.8 Å². The van der Waals surface area contributed by atoms with E-state index in [9.17, 15) is 4.39 Å². The van der Waals surface area contributed by atoms with E-state index >= 15 is 0 Å². The van der Waals surface area contributed by atoms with Crippen molar-refractivity contribution in [2.24, 2.45) is 5.41 Å². The smallest absolute Gasteiger partial charge is 0.160 e. The summed E-state index contributed by atoms with van der Waals surface area (Å²) in [5.41, 5.74) is 0.380. The molecular weight excluding hydrogens is 252 g/mol. The predicted molar refractivity (Wildman–Crippen MR) is 65.8 cm³/mol. The number of anilines is 1. The minimum Gasteiger partial charge on any atom is -0.396 e. The monoisotopic (exact) mass is 265 g/mol. The fourth-order valence-corrected chi connectivity index (χ4v) is 1.54. The van der Waals surface area contributed by atoms with E-state index in [-0.39, 0.29) is 22.1 Å². The van der Waals surface area contributed by atoms with Crippen LogP contribution in [0.15, 0.2) is 12.1 Å². The van der Waals surface area contributed by atoms with Crippen LogP contribution >= 0.6 is 23.2 Å². The van der Waals surface area contributed by atoms with Crippen LogP contribution in [-0.2, 0) is 0 Å². The van der Waals surface area contributed by atoms with Gasteiger partial charge in [-0.3, -0.25) is 0 Å². The van der Waals surface area contributed by atoms with Crippen LogP contribution in [-0.4, -0.2) is 18.3 Å². The van der Waals surface area contributed by atoms with Gasteiger partial charge in [0.1, 0.15) is 0 Å². The average Bonchev–Trinajstić information content (AvgIpc) is 2.23. The molecule has 1 rings (SSSR count). The molecule has 0 aliphatic carbocycles. The number of hydrogen-bond donors (Lipinski definition) is 2. The second kappa shape index (κ2) is 5.21. The molecule has 0 amide bonds. The molecule has 1 aromatic rings. The lowest BCUT2D eigenvalue weighted by Crippen LogP contribution is -2.26. The summed E-state index contributed by atoms with van der Waals surface area (Å²) < 4.78 is 13.1. The van der Waals surface area contributed by atoms with Gasteiger partial charge in [-0.1, -0.05) is 37.0 Å². The maximum atomic E-state index is 13.1. The van der Waals surface area contributed by atoms with Crippen molar-refractivity contribution in [2.75, 3.05) is 18.5 Å². The highest BCUT2D eigenvalue weighted by Crippen LogP contribution is 2.28. The topological polar surface area (TPSA) is 32.3 Å². The zero-order chi connectivity index (χ0) is 12.3. The molecule has 16 heavy (non-hydrogen) atoms. The van der Waals surface area contributed by atoms with E-state index in [0.717, 1.165) is 0 Å². The van der Waals surface area contributed by atoms with Crippen LogP contribution in [0.5, 0.6) is 0 Å². The molecule has 1 aromatic carbocycles. The van der Waals surface area contributed by atoms with E-state index in [1.54, 1.807) is 0 Å². The highest BCUT2D eigenvalue weighted by molar-refractivity contribution is 6.35. The number of rotatable bonds is 4. The van der Waals surface area contributed by atoms with Crippen LogP contribution in [0, 0.1) is 11.2 Å². The fourth-order valence-electron chi connectivity index (χ4n) is 1.05. The number of halogens is 3. The minimum absolute atomic E-state index is 0.0168. The van der Waals surface area contributed by atoms with Crippen molar-refractivity contribution in [3.63, 3.8) is 0 Å². The van der Waals surface area contributed by atoms with E-state index in [0.29, 0.717) is 12.2 Å². The van der Waals surface area contributed by atoms with Crippen molar-refractivity contribution in [2.45, 2.75) is 13.8 Å². The number of nitrogens with one attached hydrogen (secondary N) is 1. The Morgan fingerprint density at radius 3 is 2.25 bits per heavy atom. The first-order valence-corrected chi connectivity index (χ1v) is 5.60. The van der Waals surface area contributed by atoms with Gasteiger partial charge in [0.25, 0.3) is 0 Å². The fraction of sp³-hybridized carbons (Fsp3) is 0.455. The number of aliphatic hydroxyl groups is 1. The van der Waals surface area contributed by atoms with E-state index in [1.165, 1.54) is 12.1 Å². The van der Waals surface area contributed by atoms with Crippen molar-refractivity contribution in [3.05, 3.63) is 28.0 Å². The largest absolute Gasteiger partial charge is 0.396 e. The zero-order valence-electron chi connectivity index (χ0n) is 9.15. The Morgan fingerprint density at radius 1 is 1.31 bits per heavy atom. The lowest BCUT2D eigenvalue weighted by molar-refractivity contribution is 0.171. The molecule has 0 heterocycles. The van der Waals surface area contributed by atoms with Crippen LogP contribution in [0.1, 0.15) is 13.8 Å². The molecule has 0 saturated carbocycles. The molecule has 0 fully saturated rings. The summed E-state index contributed by atoms with van der Waals surface area (Å²) in [5.74, 6) is -0.615. The van der Waals surface area contributed by atoms with Gasteiger partial charge in [0.15, 0.2) is 5.82 Å². The maximum Gasteiger partial charge on any atom is 0.160 e. The predicted octanol–water partition coefficient (Wildman–Crippen LogP) is 3.56. The lowest BCUT2D eigenvalue weighted by atomic mass is 9.95. The molecule has 0 bridgehead atoms. The van der Waals surface area contributed by atoms with Gasteiger partial charge in [0, 0.05) is 24.3 Å². The van der Waals surface area contributed by atoms with Gasteiger partial charge in [-0.2, -0.15) is 0 Å². The molecule has 0 spiro atoms. The zero-order valence-corrected chi connectivity index (χ0v) is 10.7. The molecule has 2 nitrogen and oxygen atoms in total. The van der Waals surface area contributed by atoms with Crippen molar-refractivity contribution >= 4 is 28.9 Å². The number of benzene rings is 1. The van der Waals surface area contributed by atoms with Gasteiger partial charge in [-0.25, -0.2) is 4.39 Å². The summed E-state index contributed by atoms with van der Waals surface area (Å²) in [7, 11) is 0. The van der Waals surface area contributed by atoms with Crippen LogP contribution in [0.3, 0.4) is 0 Å². The van der Waals surface area contributed by atoms with E-state index in [4.69, 9.17) is 28.3 Å². The molecule has 0 saturated heterocycles. The Kier molecular flexibility index (Phi) is 4.42. The van der Waals surface area contributed by atoms with E-state index in [2.05, 4.69) is 5.32 Å². The average molecular weight is 266 g/mol. The standard InChI is InChI=1S/C11H14Cl2FNO/c1-11(2,6-16)5-15-7-3-8(12)10(14)9(13)4-7/h3-4,15-16H,5-6H2,1-2H3. The molecule has 0 aliphatic heterocycles. The first kappa shape index (κ1) is 13.6. The van der Waals surface area contributed by atoms with E-state index < -0.39 is 5.82 Å². The second-order valence-corrected chi connectivity index (χ2v) is 5.24. The molecule has 5 heteroatoms. The van der Waals surface area contributed by atoms with Gasteiger partial charge in [-0.05, 0) is 12.1 Å². The molecule has 2 N–H and O–H groups in total. The highest BCUT2D eigenvalue weighted by atomic mass is 35.5. The van der Waals surface area contributed by atoms with Gasteiger partial charge >= 0.3 is 0 Å². The molecule has 0 aromatic heterocycles. The Bertz CT molecular complexity index is 359. The summed E-state index contributed by atoms with van der Waals surface area (Å²) in [5, 5.41) is 12.1. The first-order chi connectivity index (χ1) is 7.35. The maximum absolute atomic E-state index is 13.1. The normalized spacial score (nSPS) is 11.6. The van der Waals surface area contributed by atoms with Gasteiger partial charge in [-0.15, -0.1) is 0 Å². The van der Waals surface area contributed by atoms with Crippen LogP contribution < -0.4 is 5.32 Å². The SMILES string of the molecule is CC(C)(CO)CNc1cc(Cl)c(F)c(Cl)c1. The third kappa shape index (κ3) is 3.51. The summed E-state index contributed by atoms with van der Waals surface area (Å²) in [6.45, 7) is 4.42. The van der Waals surface area contributed by atoms with Crippen LogP contribution in [0.25, 0.3) is 0 Å². The third-order valence-electron chi connectivity index (χ3n) is 2.18. The molecular formula is C11H14Cl2FNO. The minimum atomic E-state index is -0.615. The Hall–Kier alpha value is -0.510. The van der Waals surface area contributed by atoms with Crippen LogP contribution in [0.4, 0.5) is 10.1 Å². The summed E-state index contributed by atoms with van der Waals surface area (Å²) in [6, 6.07) is 2.94. The van der Waals surface area contributed by atoms with Crippen molar-refractivity contribution in [1.82, 2.24) is 0 Å². The number of aliphatic hydroxyl groups excluding tert-OH is 1. The van der Waals surface area contributed by atoms with Crippen LogP contribution in [0.2, 0.25) is 10.0 Å². The van der Waals surface area contributed by atoms with Crippen molar-refractivity contribution < 1.29 is 9.50 Å². The molecule has 90 valence electrons. The first-order valence-electron chi connectivity index (χ1n) is 4.85. The highest BCUT2D eigenvalue weighted by Gasteiger charge is 2.16. The molecule has 0 radical (unpaired) electrons. The summed E-state index contributed by atoms with van der Waals surface area (Å²) in [6.07, 6.45) is 0. The van der Waals surface area contributed by atoms with Crippen molar-refractivity contribution in [1.29, 1.82) is 0 Å². The van der Waals surface area contributed by atoms with Gasteiger partial charge in [0.2, 0.25) is 0 Å². The Balaban J connectivity index is 2.76.